The van der Waals surface area contributed by atoms with Gasteiger partial charge in [0.25, 0.3) is 0 Å². The lowest BCUT2D eigenvalue weighted by Gasteiger charge is -1.87. The highest BCUT2D eigenvalue weighted by molar-refractivity contribution is 6.08. The second-order valence-electron chi connectivity index (χ2n) is 1.95. The molecule has 0 saturated carbocycles. The SMILES string of the molecule is [SiH3]CCc1ccc[nH]1. The Morgan fingerprint density at radius 3 is 3.00 bits per heavy atom. The minimum absolute atomic E-state index is 1.24. The van der Waals surface area contributed by atoms with Crippen molar-refractivity contribution in [3.8, 4) is 0 Å². The molecule has 0 unspecified atom stereocenters. The zero-order valence-electron chi connectivity index (χ0n) is 5.15. The molecule has 8 heavy (non-hydrogen) atoms. The average molecular weight is 125 g/mol. The van der Waals surface area contributed by atoms with Crippen LogP contribution in [0.4, 0.5) is 0 Å². The van der Waals surface area contributed by atoms with Crippen LogP contribution in [0.3, 0.4) is 0 Å². The van der Waals surface area contributed by atoms with Gasteiger partial charge in [0, 0.05) is 22.1 Å². The van der Waals surface area contributed by atoms with Crippen molar-refractivity contribution in [3.63, 3.8) is 0 Å². The van der Waals surface area contributed by atoms with Gasteiger partial charge in [-0.25, -0.2) is 0 Å². The molecule has 1 heterocycles. The highest BCUT2D eigenvalue weighted by atomic mass is 28.1. The summed E-state index contributed by atoms with van der Waals surface area (Å²) < 4.78 is 0. The van der Waals surface area contributed by atoms with Crippen molar-refractivity contribution in [2.45, 2.75) is 12.5 Å². The third kappa shape index (κ3) is 1.23. The van der Waals surface area contributed by atoms with Crippen LogP contribution in [-0.2, 0) is 6.42 Å². The van der Waals surface area contributed by atoms with Gasteiger partial charge < -0.3 is 4.98 Å². The van der Waals surface area contributed by atoms with E-state index in [-0.39, 0.29) is 0 Å². The molecule has 1 N–H and O–H groups in total. The summed E-state index contributed by atoms with van der Waals surface area (Å²) in [5.74, 6) is 0. The Morgan fingerprint density at radius 1 is 1.62 bits per heavy atom. The summed E-state index contributed by atoms with van der Waals surface area (Å²) in [6.45, 7) is 0. The molecule has 0 aliphatic rings. The normalized spacial score (nSPS) is 10.0. The smallest absolute Gasteiger partial charge is 0.0143 e. The summed E-state index contributed by atoms with van der Waals surface area (Å²) in [7, 11) is 1.32. The van der Waals surface area contributed by atoms with Crippen LogP contribution in [0.15, 0.2) is 18.3 Å². The molecule has 0 aliphatic carbocycles. The van der Waals surface area contributed by atoms with Gasteiger partial charge in [-0.1, -0.05) is 6.04 Å². The van der Waals surface area contributed by atoms with E-state index in [2.05, 4.69) is 11.1 Å². The van der Waals surface area contributed by atoms with Crippen molar-refractivity contribution in [1.29, 1.82) is 0 Å². The second kappa shape index (κ2) is 2.72. The second-order valence-corrected chi connectivity index (χ2v) is 2.95. The highest BCUT2D eigenvalue weighted by Crippen LogP contribution is 1.96. The van der Waals surface area contributed by atoms with E-state index in [1.54, 1.807) is 0 Å². The fourth-order valence-electron chi connectivity index (χ4n) is 0.792. The maximum atomic E-state index is 3.16. The number of H-pyrrole nitrogens is 1. The number of rotatable bonds is 2. The number of hydrogen-bond donors (Lipinski definition) is 1. The Kier molecular flexibility index (Phi) is 1.91. The van der Waals surface area contributed by atoms with Gasteiger partial charge in [-0.05, 0) is 18.6 Å². The molecular weight excluding hydrogens is 114 g/mol. The Labute approximate surface area is 52.5 Å². The predicted molar refractivity (Wildman–Crippen MR) is 39.2 cm³/mol. The average Bonchev–Trinajstić information content (AvgIpc) is 2.19. The summed E-state index contributed by atoms with van der Waals surface area (Å²) in [5, 5.41) is 0. The molecule has 0 spiro atoms. The molecule has 0 amide bonds. The van der Waals surface area contributed by atoms with Gasteiger partial charge in [0.15, 0.2) is 0 Å². The molecule has 2 heteroatoms. The third-order valence-electron chi connectivity index (χ3n) is 1.18. The Bertz CT molecular complexity index is 134. The van der Waals surface area contributed by atoms with E-state index < -0.39 is 0 Å². The molecule has 1 aromatic heterocycles. The number of aromatic nitrogens is 1. The quantitative estimate of drug-likeness (QED) is 0.549. The van der Waals surface area contributed by atoms with Gasteiger partial charge >= 0.3 is 0 Å². The monoisotopic (exact) mass is 125 g/mol. The largest absolute Gasteiger partial charge is 0.365 e. The predicted octanol–water partition coefficient (Wildman–Crippen LogP) is 0.341. The molecule has 0 saturated heterocycles. The van der Waals surface area contributed by atoms with Crippen molar-refractivity contribution < 1.29 is 0 Å². The summed E-state index contributed by atoms with van der Waals surface area (Å²) in [4.78, 5) is 3.16. The van der Waals surface area contributed by atoms with Crippen LogP contribution in [0.5, 0.6) is 0 Å². The molecule has 44 valence electrons. The molecule has 0 aliphatic heterocycles. The molecule has 0 fully saturated rings. The summed E-state index contributed by atoms with van der Waals surface area (Å²) >= 11 is 0. The summed E-state index contributed by atoms with van der Waals surface area (Å²) in [6.07, 6.45) is 3.21. The number of aromatic amines is 1. The number of hydrogen-bond acceptors (Lipinski definition) is 0. The van der Waals surface area contributed by atoms with E-state index in [1.165, 1.54) is 28.4 Å². The van der Waals surface area contributed by atoms with Crippen LogP contribution in [0.25, 0.3) is 0 Å². The topological polar surface area (TPSA) is 15.8 Å². The first kappa shape index (κ1) is 5.63. The third-order valence-corrected chi connectivity index (χ3v) is 1.68. The molecule has 0 aromatic carbocycles. The Morgan fingerprint density at radius 2 is 2.50 bits per heavy atom. The van der Waals surface area contributed by atoms with Crippen molar-refractivity contribution >= 4 is 10.2 Å². The fourth-order valence-corrected chi connectivity index (χ4v) is 1.33. The van der Waals surface area contributed by atoms with E-state index in [4.69, 9.17) is 0 Å². The molecular formula is C6H11NSi. The first-order valence-corrected chi connectivity index (χ1v) is 4.47. The summed E-state index contributed by atoms with van der Waals surface area (Å²) in [5.41, 5.74) is 1.38. The molecule has 1 rings (SSSR count). The van der Waals surface area contributed by atoms with Crippen LogP contribution in [0, 0.1) is 0 Å². The van der Waals surface area contributed by atoms with Gasteiger partial charge in [0.05, 0.1) is 0 Å². The summed E-state index contributed by atoms with van der Waals surface area (Å²) in [6, 6.07) is 5.55. The lowest BCUT2D eigenvalue weighted by molar-refractivity contribution is 1.06. The maximum absolute atomic E-state index is 3.16. The van der Waals surface area contributed by atoms with Crippen molar-refractivity contribution in [3.05, 3.63) is 24.0 Å². The molecule has 0 radical (unpaired) electrons. The minimum atomic E-state index is 1.24. The van der Waals surface area contributed by atoms with Crippen molar-refractivity contribution in [1.82, 2.24) is 4.98 Å². The fraction of sp³-hybridized carbons (Fsp3) is 0.333. The first-order chi connectivity index (χ1) is 3.93. The maximum Gasteiger partial charge on any atom is 0.0143 e. The van der Waals surface area contributed by atoms with Gasteiger partial charge in [0.1, 0.15) is 0 Å². The van der Waals surface area contributed by atoms with Gasteiger partial charge in [-0.15, -0.1) is 0 Å². The van der Waals surface area contributed by atoms with Crippen LogP contribution in [-0.4, -0.2) is 15.2 Å². The van der Waals surface area contributed by atoms with E-state index >= 15 is 0 Å². The first-order valence-electron chi connectivity index (χ1n) is 3.05. The standard InChI is InChI=1S/C6H11NSi/c8-5-3-6-2-1-4-7-6/h1-2,4,7H,3,5H2,8H3. The lowest BCUT2D eigenvalue weighted by Crippen LogP contribution is -1.80. The van der Waals surface area contributed by atoms with Crippen LogP contribution < -0.4 is 0 Å². The number of nitrogens with one attached hydrogen (secondary N) is 1. The Hall–Kier alpha value is -0.503. The van der Waals surface area contributed by atoms with Gasteiger partial charge in [0.2, 0.25) is 0 Å². The highest BCUT2D eigenvalue weighted by Gasteiger charge is 1.85. The van der Waals surface area contributed by atoms with E-state index in [0.29, 0.717) is 0 Å². The zero-order chi connectivity index (χ0) is 5.82. The molecule has 1 nitrogen and oxygen atoms in total. The molecule has 0 bridgehead atoms. The van der Waals surface area contributed by atoms with Gasteiger partial charge in [-0.2, -0.15) is 0 Å². The van der Waals surface area contributed by atoms with Crippen molar-refractivity contribution in [2.24, 2.45) is 0 Å². The number of aryl methyl sites for hydroxylation is 1. The molecule has 1 aromatic rings. The van der Waals surface area contributed by atoms with Crippen LogP contribution in [0.1, 0.15) is 5.69 Å². The van der Waals surface area contributed by atoms with Crippen LogP contribution >= 0.6 is 0 Å². The van der Waals surface area contributed by atoms with Gasteiger partial charge in [-0.3, -0.25) is 0 Å². The van der Waals surface area contributed by atoms with Crippen LogP contribution in [0.2, 0.25) is 6.04 Å². The van der Waals surface area contributed by atoms with E-state index in [1.807, 2.05) is 12.3 Å². The van der Waals surface area contributed by atoms with E-state index in [0.717, 1.165) is 0 Å². The Balaban J connectivity index is 2.50. The minimum Gasteiger partial charge on any atom is -0.365 e. The lowest BCUT2D eigenvalue weighted by atomic mass is 10.3. The molecule has 0 atom stereocenters. The zero-order valence-corrected chi connectivity index (χ0v) is 7.15. The van der Waals surface area contributed by atoms with E-state index in [9.17, 15) is 0 Å². The van der Waals surface area contributed by atoms with Crippen molar-refractivity contribution in [2.75, 3.05) is 0 Å².